The first kappa shape index (κ1) is 12.6. The summed E-state index contributed by atoms with van der Waals surface area (Å²) in [5.74, 6) is 1.79. The van der Waals surface area contributed by atoms with Crippen LogP contribution in [0.5, 0.6) is 0 Å². The lowest BCUT2D eigenvalue weighted by molar-refractivity contribution is 0.632. The van der Waals surface area contributed by atoms with Gasteiger partial charge in [-0.05, 0) is 46.2 Å². The Balaban J connectivity index is 2.69. The van der Waals surface area contributed by atoms with Gasteiger partial charge in [0.25, 0.3) is 0 Å². The SMILES string of the molecule is CC(C)CCSc1cccc(Br)c1C#N. The van der Waals surface area contributed by atoms with Crippen LogP contribution in [-0.4, -0.2) is 5.75 Å². The second kappa shape index (κ2) is 6.19. The van der Waals surface area contributed by atoms with E-state index in [0.29, 0.717) is 0 Å². The molecule has 0 aliphatic heterocycles. The summed E-state index contributed by atoms with van der Waals surface area (Å²) >= 11 is 5.15. The molecule has 0 aromatic heterocycles. The van der Waals surface area contributed by atoms with Gasteiger partial charge in [0, 0.05) is 9.37 Å². The summed E-state index contributed by atoms with van der Waals surface area (Å²) in [7, 11) is 0. The zero-order valence-corrected chi connectivity index (χ0v) is 11.4. The molecule has 0 aliphatic carbocycles. The minimum absolute atomic E-state index is 0.718. The van der Waals surface area contributed by atoms with E-state index >= 15 is 0 Å². The molecule has 0 bridgehead atoms. The van der Waals surface area contributed by atoms with Crippen molar-refractivity contribution < 1.29 is 0 Å². The Kier molecular flexibility index (Phi) is 5.21. The van der Waals surface area contributed by atoms with Gasteiger partial charge in [0.15, 0.2) is 0 Å². The molecule has 0 heterocycles. The van der Waals surface area contributed by atoms with Crippen molar-refractivity contribution in [2.75, 3.05) is 5.75 Å². The lowest BCUT2D eigenvalue weighted by atomic mass is 10.2. The molecule has 1 nitrogen and oxygen atoms in total. The summed E-state index contributed by atoms with van der Waals surface area (Å²) in [5.41, 5.74) is 0.756. The summed E-state index contributed by atoms with van der Waals surface area (Å²) in [6.07, 6.45) is 1.18. The zero-order chi connectivity index (χ0) is 11.3. The molecule has 3 heteroatoms. The Morgan fingerprint density at radius 2 is 2.20 bits per heavy atom. The van der Waals surface area contributed by atoms with E-state index in [1.165, 1.54) is 6.42 Å². The number of nitriles is 1. The summed E-state index contributed by atoms with van der Waals surface area (Å²) in [6, 6.07) is 8.13. The van der Waals surface area contributed by atoms with Gasteiger partial charge >= 0.3 is 0 Å². The van der Waals surface area contributed by atoms with Gasteiger partial charge in [-0.3, -0.25) is 0 Å². The van der Waals surface area contributed by atoms with Crippen LogP contribution in [0.4, 0.5) is 0 Å². The monoisotopic (exact) mass is 283 g/mol. The number of halogens is 1. The van der Waals surface area contributed by atoms with Crippen LogP contribution in [-0.2, 0) is 0 Å². The number of nitrogens with zero attached hydrogens (tertiary/aromatic N) is 1. The Morgan fingerprint density at radius 3 is 2.80 bits per heavy atom. The van der Waals surface area contributed by atoms with Crippen LogP contribution in [0, 0.1) is 17.2 Å². The van der Waals surface area contributed by atoms with E-state index in [0.717, 1.165) is 26.6 Å². The molecule has 0 saturated carbocycles. The van der Waals surface area contributed by atoms with Gasteiger partial charge in [-0.15, -0.1) is 11.8 Å². The largest absolute Gasteiger partial charge is 0.192 e. The van der Waals surface area contributed by atoms with Crippen molar-refractivity contribution in [3.8, 4) is 6.07 Å². The molecule has 80 valence electrons. The van der Waals surface area contributed by atoms with Gasteiger partial charge in [0.05, 0.1) is 5.56 Å². The lowest BCUT2D eigenvalue weighted by Crippen LogP contribution is -1.90. The van der Waals surface area contributed by atoms with Crippen LogP contribution in [0.15, 0.2) is 27.6 Å². The summed E-state index contributed by atoms with van der Waals surface area (Å²) in [5, 5.41) is 9.01. The van der Waals surface area contributed by atoms with E-state index in [-0.39, 0.29) is 0 Å². The maximum atomic E-state index is 9.01. The quantitative estimate of drug-likeness (QED) is 0.762. The Hall–Kier alpha value is -0.460. The fraction of sp³-hybridized carbons (Fsp3) is 0.417. The van der Waals surface area contributed by atoms with Crippen LogP contribution in [0.25, 0.3) is 0 Å². The van der Waals surface area contributed by atoms with Crippen molar-refractivity contribution in [2.24, 2.45) is 5.92 Å². The molecule has 15 heavy (non-hydrogen) atoms. The molecule has 0 radical (unpaired) electrons. The molecular formula is C12H14BrNS. The average molecular weight is 284 g/mol. The summed E-state index contributed by atoms with van der Waals surface area (Å²) < 4.78 is 0.888. The third-order valence-corrected chi connectivity index (χ3v) is 3.79. The number of thioether (sulfide) groups is 1. The zero-order valence-electron chi connectivity index (χ0n) is 8.96. The van der Waals surface area contributed by atoms with Gasteiger partial charge in [-0.1, -0.05) is 19.9 Å². The Morgan fingerprint density at radius 1 is 1.47 bits per heavy atom. The smallest absolute Gasteiger partial charge is 0.101 e. The second-order valence-electron chi connectivity index (χ2n) is 3.76. The number of hydrogen-bond donors (Lipinski definition) is 0. The highest BCUT2D eigenvalue weighted by Crippen LogP contribution is 2.28. The molecule has 0 spiro atoms. The summed E-state index contributed by atoms with van der Waals surface area (Å²) in [4.78, 5) is 1.08. The second-order valence-corrected chi connectivity index (χ2v) is 5.75. The normalized spacial score (nSPS) is 10.3. The average Bonchev–Trinajstić information content (AvgIpc) is 2.17. The van der Waals surface area contributed by atoms with Gasteiger partial charge < -0.3 is 0 Å². The van der Waals surface area contributed by atoms with E-state index in [2.05, 4.69) is 35.8 Å². The minimum Gasteiger partial charge on any atom is -0.192 e. The highest BCUT2D eigenvalue weighted by Gasteiger charge is 2.06. The van der Waals surface area contributed by atoms with Crippen molar-refractivity contribution in [1.82, 2.24) is 0 Å². The molecule has 1 aromatic carbocycles. The highest BCUT2D eigenvalue weighted by atomic mass is 79.9. The molecule has 0 amide bonds. The van der Waals surface area contributed by atoms with Gasteiger partial charge in [0.2, 0.25) is 0 Å². The van der Waals surface area contributed by atoms with Crippen molar-refractivity contribution >= 4 is 27.7 Å². The third kappa shape index (κ3) is 3.89. The minimum atomic E-state index is 0.718. The van der Waals surface area contributed by atoms with Crippen LogP contribution < -0.4 is 0 Å². The maximum Gasteiger partial charge on any atom is 0.101 e. The Bertz CT molecular complexity index is 368. The van der Waals surface area contributed by atoms with E-state index in [9.17, 15) is 0 Å². The van der Waals surface area contributed by atoms with Gasteiger partial charge in [0.1, 0.15) is 6.07 Å². The number of benzene rings is 1. The highest BCUT2D eigenvalue weighted by molar-refractivity contribution is 9.10. The van der Waals surface area contributed by atoms with Crippen LogP contribution in [0.1, 0.15) is 25.8 Å². The fourth-order valence-corrected chi connectivity index (χ4v) is 3.01. The van der Waals surface area contributed by atoms with E-state index < -0.39 is 0 Å². The van der Waals surface area contributed by atoms with E-state index in [1.54, 1.807) is 11.8 Å². The van der Waals surface area contributed by atoms with Crippen LogP contribution >= 0.6 is 27.7 Å². The van der Waals surface area contributed by atoms with Crippen molar-refractivity contribution in [3.63, 3.8) is 0 Å². The predicted octanol–water partition coefficient (Wildman–Crippen LogP) is 4.46. The van der Waals surface area contributed by atoms with Crippen LogP contribution in [0.3, 0.4) is 0 Å². The molecule has 0 atom stereocenters. The molecule has 0 fully saturated rings. The topological polar surface area (TPSA) is 23.8 Å². The molecule has 0 N–H and O–H groups in total. The first-order valence-corrected chi connectivity index (χ1v) is 6.74. The van der Waals surface area contributed by atoms with Crippen LogP contribution in [0.2, 0.25) is 0 Å². The molecule has 0 aliphatic rings. The molecule has 0 unspecified atom stereocenters. The number of hydrogen-bond acceptors (Lipinski definition) is 2. The summed E-state index contributed by atoms with van der Waals surface area (Å²) in [6.45, 7) is 4.43. The van der Waals surface area contributed by atoms with E-state index in [4.69, 9.17) is 5.26 Å². The van der Waals surface area contributed by atoms with Crippen molar-refractivity contribution in [2.45, 2.75) is 25.2 Å². The van der Waals surface area contributed by atoms with Crippen molar-refractivity contribution in [1.29, 1.82) is 5.26 Å². The molecule has 1 aromatic rings. The van der Waals surface area contributed by atoms with Crippen molar-refractivity contribution in [3.05, 3.63) is 28.2 Å². The molecule has 0 saturated heterocycles. The third-order valence-electron chi connectivity index (χ3n) is 2.04. The Labute approximate surface area is 104 Å². The first-order valence-electron chi connectivity index (χ1n) is 4.96. The maximum absolute atomic E-state index is 9.01. The van der Waals surface area contributed by atoms with Gasteiger partial charge in [-0.2, -0.15) is 5.26 Å². The molecule has 1 rings (SSSR count). The van der Waals surface area contributed by atoms with E-state index in [1.807, 2.05) is 18.2 Å². The first-order chi connectivity index (χ1) is 7.15. The standard InChI is InChI=1S/C12H14BrNS/c1-9(2)6-7-15-12-5-3-4-11(13)10(12)8-14/h3-5,9H,6-7H2,1-2H3. The number of rotatable bonds is 4. The van der Waals surface area contributed by atoms with Gasteiger partial charge in [-0.25, -0.2) is 0 Å². The predicted molar refractivity (Wildman–Crippen MR) is 69.0 cm³/mol. The molecular weight excluding hydrogens is 270 g/mol. The lowest BCUT2D eigenvalue weighted by Gasteiger charge is -2.06. The fourth-order valence-electron chi connectivity index (χ4n) is 1.14.